The summed E-state index contributed by atoms with van der Waals surface area (Å²) in [6.45, 7) is 0. The van der Waals surface area contributed by atoms with Gasteiger partial charge in [-0.3, -0.25) is 10.4 Å². The summed E-state index contributed by atoms with van der Waals surface area (Å²) in [6, 6.07) is 14.1. The van der Waals surface area contributed by atoms with E-state index in [-0.39, 0.29) is 11.6 Å². The average molecular weight is 239 g/mol. The van der Waals surface area contributed by atoms with Crippen molar-refractivity contribution in [3.8, 4) is 5.75 Å². The van der Waals surface area contributed by atoms with Gasteiger partial charge in [0.05, 0.1) is 5.69 Å². The van der Waals surface area contributed by atoms with Crippen molar-refractivity contribution >= 4 is 17.7 Å². The van der Waals surface area contributed by atoms with Gasteiger partial charge < -0.3 is 10.8 Å². The van der Waals surface area contributed by atoms with Crippen molar-refractivity contribution < 1.29 is 5.11 Å². The molecule has 0 heterocycles. The van der Waals surface area contributed by atoms with Crippen LogP contribution in [0, 0.1) is 5.41 Å². The van der Waals surface area contributed by atoms with Crippen molar-refractivity contribution in [1.82, 2.24) is 0 Å². The molecular weight excluding hydrogens is 226 g/mol. The van der Waals surface area contributed by atoms with Gasteiger partial charge in [0.15, 0.2) is 0 Å². The molecular formula is C14H13N3O. The third-order valence-electron chi connectivity index (χ3n) is 2.45. The number of nitrogens with two attached hydrogens (primary N) is 1. The number of hydrogen-bond acceptors (Lipinski definition) is 3. The van der Waals surface area contributed by atoms with Crippen molar-refractivity contribution in [1.29, 1.82) is 5.41 Å². The Kier molecular flexibility index (Phi) is 3.38. The number of phenolic OH excluding ortho intramolecular Hbond substituents is 1. The number of para-hydroxylation sites is 1. The number of rotatable bonds is 3. The Morgan fingerprint density at radius 2 is 1.89 bits per heavy atom. The zero-order valence-electron chi connectivity index (χ0n) is 9.67. The Labute approximate surface area is 105 Å². The predicted octanol–water partition coefficient (Wildman–Crippen LogP) is 2.43. The van der Waals surface area contributed by atoms with Crippen LogP contribution in [0.25, 0.3) is 0 Å². The van der Waals surface area contributed by atoms with Gasteiger partial charge in [0, 0.05) is 17.3 Å². The molecule has 4 heteroatoms. The Hall–Kier alpha value is -2.62. The largest absolute Gasteiger partial charge is 0.507 e. The number of hydrogen-bond donors (Lipinski definition) is 3. The zero-order valence-corrected chi connectivity index (χ0v) is 9.67. The third kappa shape index (κ3) is 2.74. The lowest BCUT2D eigenvalue weighted by Crippen LogP contribution is -2.11. The molecule has 0 fully saturated rings. The second-order valence-corrected chi connectivity index (χ2v) is 3.78. The molecule has 0 saturated carbocycles. The van der Waals surface area contributed by atoms with Gasteiger partial charge in [-0.25, -0.2) is 0 Å². The summed E-state index contributed by atoms with van der Waals surface area (Å²) in [5.74, 6) is 0.0732. The first-order chi connectivity index (χ1) is 8.66. The molecule has 0 unspecified atom stereocenters. The molecule has 0 aliphatic carbocycles. The van der Waals surface area contributed by atoms with E-state index in [1.165, 1.54) is 6.07 Å². The van der Waals surface area contributed by atoms with E-state index in [0.29, 0.717) is 11.1 Å². The molecule has 0 aliphatic rings. The standard InChI is InChI=1S/C14H13N3O/c15-14(16)10-6-7-13(18)11(8-10)9-17-12-4-2-1-3-5-12/h1-9,18H,(H3,15,16)/b17-9+. The Bertz CT molecular complexity index is 591. The van der Waals surface area contributed by atoms with Gasteiger partial charge in [-0.15, -0.1) is 0 Å². The Morgan fingerprint density at radius 1 is 1.17 bits per heavy atom. The van der Waals surface area contributed by atoms with Crippen molar-refractivity contribution in [2.24, 2.45) is 10.7 Å². The first kappa shape index (κ1) is 11.9. The number of nitrogen functional groups attached to an aromatic ring is 1. The first-order valence-corrected chi connectivity index (χ1v) is 5.43. The van der Waals surface area contributed by atoms with E-state index in [9.17, 15) is 5.11 Å². The maximum atomic E-state index is 9.69. The molecule has 2 rings (SSSR count). The van der Waals surface area contributed by atoms with Crippen LogP contribution in [0.5, 0.6) is 5.75 Å². The summed E-state index contributed by atoms with van der Waals surface area (Å²) in [4.78, 5) is 4.24. The smallest absolute Gasteiger partial charge is 0.124 e. The number of nitrogens with one attached hydrogen (secondary N) is 1. The summed E-state index contributed by atoms with van der Waals surface area (Å²) in [6.07, 6.45) is 1.55. The summed E-state index contributed by atoms with van der Waals surface area (Å²) in [7, 11) is 0. The van der Waals surface area contributed by atoms with E-state index in [2.05, 4.69) is 4.99 Å². The maximum Gasteiger partial charge on any atom is 0.124 e. The van der Waals surface area contributed by atoms with Crippen LogP contribution in [0.1, 0.15) is 11.1 Å². The highest BCUT2D eigenvalue weighted by molar-refractivity contribution is 5.97. The fourth-order valence-electron chi connectivity index (χ4n) is 1.48. The molecule has 0 amide bonds. The number of aliphatic imine (C=N–C) groups is 1. The molecule has 0 saturated heterocycles. The lowest BCUT2D eigenvalue weighted by Gasteiger charge is -2.02. The normalized spacial score (nSPS) is 10.7. The molecule has 0 aliphatic heterocycles. The van der Waals surface area contributed by atoms with E-state index < -0.39 is 0 Å². The van der Waals surface area contributed by atoms with Crippen molar-refractivity contribution in [2.75, 3.05) is 0 Å². The average Bonchev–Trinajstić information content (AvgIpc) is 2.38. The molecule has 18 heavy (non-hydrogen) atoms. The molecule has 0 bridgehead atoms. The van der Waals surface area contributed by atoms with Gasteiger partial charge in [-0.1, -0.05) is 18.2 Å². The van der Waals surface area contributed by atoms with Crippen LogP contribution in [0.3, 0.4) is 0 Å². The van der Waals surface area contributed by atoms with Crippen molar-refractivity contribution in [2.45, 2.75) is 0 Å². The maximum absolute atomic E-state index is 9.69. The monoisotopic (exact) mass is 239 g/mol. The molecule has 90 valence electrons. The van der Waals surface area contributed by atoms with E-state index in [1.807, 2.05) is 30.3 Å². The molecule has 2 aromatic rings. The SMILES string of the molecule is N=C(N)c1ccc(O)c(/C=N/c2ccccc2)c1. The highest BCUT2D eigenvalue weighted by atomic mass is 16.3. The minimum absolute atomic E-state index is 0.0376. The van der Waals surface area contributed by atoms with Crippen molar-refractivity contribution in [3.63, 3.8) is 0 Å². The number of nitrogens with zero attached hydrogens (tertiary/aromatic N) is 1. The van der Waals surface area contributed by atoms with Crippen LogP contribution in [0.4, 0.5) is 5.69 Å². The van der Waals surface area contributed by atoms with E-state index in [4.69, 9.17) is 11.1 Å². The number of benzene rings is 2. The van der Waals surface area contributed by atoms with Crippen LogP contribution in [-0.2, 0) is 0 Å². The van der Waals surface area contributed by atoms with Gasteiger partial charge in [-0.05, 0) is 30.3 Å². The highest BCUT2D eigenvalue weighted by Crippen LogP contribution is 2.18. The van der Waals surface area contributed by atoms with Crippen LogP contribution < -0.4 is 5.73 Å². The number of amidine groups is 1. The highest BCUT2D eigenvalue weighted by Gasteiger charge is 2.02. The zero-order chi connectivity index (χ0) is 13.0. The fraction of sp³-hybridized carbons (Fsp3) is 0. The number of aromatic hydroxyl groups is 1. The Morgan fingerprint density at radius 3 is 2.56 bits per heavy atom. The van der Waals surface area contributed by atoms with E-state index >= 15 is 0 Å². The second kappa shape index (κ2) is 5.14. The van der Waals surface area contributed by atoms with Gasteiger partial charge in [0.25, 0.3) is 0 Å². The minimum atomic E-state index is -0.0376. The van der Waals surface area contributed by atoms with Crippen molar-refractivity contribution in [3.05, 3.63) is 59.7 Å². The lowest BCUT2D eigenvalue weighted by atomic mass is 10.1. The van der Waals surface area contributed by atoms with Crippen LogP contribution in [-0.4, -0.2) is 17.2 Å². The lowest BCUT2D eigenvalue weighted by molar-refractivity contribution is 0.474. The van der Waals surface area contributed by atoms with Crippen LogP contribution in [0.15, 0.2) is 53.5 Å². The fourth-order valence-corrected chi connectivity index (χ4v) is 1.48. The van der Waals surface area contributed by atoms with Crippen LogP contribution in [0.2, 0.25) is 0 Å². The van der Waals surface area contributed by atoms with Gasteiger partial charge >= 0.3 is 0 Å². The predicted molar refractivity (Wildman–Crippen MR) is 72.8 cm³/mol. The van der Waals surface area contributed by atoms with E-state index in [0.717, 1.165) is 5.69 Å². The topological polar surface area (TPSA) is 82.5 Å². The second-order valence-electron chi connectivity index (χ2n) is 3.78. The molecule has 2 aromatic carbocycles. The molecule has 4 nitrogen and oxygen atoms in total. The van der Waals surface area contributed by atoms with Gasteiger partial charge in [0.2, 0.25) is 0 Å². The summed E-state index contributed by atoms with van der Waals surface area (Å²) < 4.78 is 0. The Balaban J connectivity index is 2.31. The van der Waals surface area contributed by atoms with Gasteiger partial charge in [-0.2, -0.15) is 0 Å². The molecule has 4 N–H and O–H groups in total. The molecule has 0 radical (unpaired) electrons. The summed E-state index contributed by atoms with van der Waals surface area (Å²) in [5.41, 5.74) is 7.29. The quantitative estimate of drug-likeness (QED) is 0.567. The van der Waals surface area contributed by atoms with E-state index in [1.54, 1.807) is 18.3 Å². The number of phenols is 1. The first-order valence-electron chi connectivity index (χ1n) is 5.43. The molecule has 0 spiro atoms. The van der Waals surface area contributed by atoms with Gasteiger partial charge in [0.1, 0.15) is 11.6 Å². The summed E-state index contributed by atoms with van der Waals surface area (Å²) >= 11 is 0. The summed E-state index contributed by atoms with van der Waals surface area (Å²) in [5, 5.41) is 17.0. The van der Waals surface area contributed by atoms with Crippen LogP contribution >= 0.6 is 0 Å². The molecule has 0 aromatic heterocycles. The third-order valence-corrected chi connectivity index (χ3v) is 2.45. The minimum Gasteiger partial charge on any atom is -0.507 e. The molecule has 0 atom stereocenters.